The summed E-state index contributed by atoms with van der Waals surface area (Å²) in [6, 6.07) is -3.03. The number of alkyl halides is 5. The van der Waals surface area contributed by atoms with Crippen LogP contribution in [0.5, 0.6) is 0 Å². The Balaban J connectivity index is 1.58. The van der Waals surface area contributed by atoms with Gasteiger partial charge in [0.2, 0.25) is 17.7 Å². The van der Waals surface area contributed by atoms with E-state index in [4.69, 9.17) is 5.73 Å². The molecule has 3 aliphatic rings. The van der Waals surface area contributed by atoms with Crippen molar-refractivity contribution in [1.82, 2.24) is 20.5 Å². The molecule has 5 atom stereocenters. The molecule has 1 aliphatic heterocycles. The van der Waals surface area contributed by atoms with Crippen molar-refractivity contribution >= 4 is 23.6 Å². The molecule has 15 heteroatoms. The number of nitrogens with zero attached hydrogens (tertiary/aromatic N) is 1. The predicted octanol–water partition coefficient (Wildman–Crippen LogP) is 1.59. The monoisotopic (exact) mass is 617 g/mol. The number of rotatable bonds is 7. The molecule has 10 nitrogen and oxygen atoms in total. The number of hydrogen-bond acceptors (Lipinski definition) is 5. The first-order valence-corrected chi connectivity index (χ1v) is 13.9. The maximum atomic E-state index is 14.0. The molecular formula is C28H36F5N5O5. The van der Waals surface area contributed by atoms with Gasteiger partial charge in [0.1, 0.15) is 18.1 Å². The van der Waals surface area contributed by atoms with Crippen LogP contribution in [0.15, 0.2) is 10.9 Å². The number of fused-ring (bicyclic) bond motifs is 2. The van der Waals surface area contributed by atoms with Crippen LogP contribution < -0.4 is 21.9 Å². The Morgan fingerprint density at radius 2 is 1.77 bits per heavy atom. The van der Waals surface area contributed by atoms with Crippen molar-refractivity contribution in [3.8, 4) is 0 Å². The van der Waals surface area contributed by atoms with Crippen molar-refractivity contribution in [2.75, 3.05) is 6.54 Å². The molecule has 43 heavy (non-hydrogen) atoms. The van der Waals surface area contributed by atoms with E-state index in [1.54, 1.807) is 5.32 Å². The van der Waals surface area contributed by atoms with E-state index in [0.717, 1.165) is 4.90 Å². The molecule has 1 saturated carbocycles. The van der Waals surface area contributed by atoms with Crippen LogP contribution in [0, 0.1) is 22.7 Å². The third-order valence-corrected chi connectivity index (χ3v) is 8.97. The van der Waals surface area contributed by atoms with Crippen LogP contribution in [-0.4, -0.2) is 70.3 Å². The van der Waals surface area contributed by atoms with Gasteiger partial charge in [-0.3, -0.25) is 24.0 Å². The third-order valence-electron chi connectivity index (χ3n) is 8.97. The summed E-state index contributed by atoms with van der Waals surface area (Å²) in [5.41, 5.74) is 3.87. The summed E-state index contributed by atoms with van der Waals surface area (Å²) in [5.74, 6) is -8.57. The number of hydrogen-bond donors (Lipinski definition) is 4. The summed E-state index contributed by atoms with van der Waals surface area (Å²) < 4.78 is 67.2. The number of carbonyl (C=O) groups excluding carboxylic acids is 4. The molecule has 1 aromatic heterocycles. The second-order valence-electron chi connectivity index (χ2n) is 13.5. The summed E-state index contributed by atoms with van der Waals surface area (Å²) in [6.45, 7) is 8.17. The maximum absolute atomic E-state index is 14.0. The van der Waals surface area contributed by atoms with Crippen molar-refractivity contribution in [1.29, 1.82) is 0 Å². The number of aromatic amines is 1. The molecule has 1 aromatic rings. The lowest BCUT2D eigenvalue weighted by atomic mass is 9.85. The first kappa shape index (κ1) is 32.4. The van der Waals surface area contributed by atoms with Crippen LogP contribution in [0.4, 0.5) is 22.0 Å². The van der Waals surface area contributed by atoms with Gasteiger partial charge < -0.3 is 26.3 Å². The number of nitrogens with one attached hydrogen (secondary N) is 3. The highest BCUT2D eigenvalue weighted by atomic mass is 19.4. The number of primary amides is 1. The molecule has 0 radical (unpaired) electrons. The van der Waals surface area contributed by atoms with Crippen molar-refractivity contribution in [2.45, 2.75) is 90.5 Å². The minimum atomic E-state index is -5.24. The van der Waals surface area contributed by atoms with Crippen LogP contribution in [-0.2, 0) is 38.4 Å². The SMILES string of the molecule is CC(C)(C)[C@H](NC(=O)C(F)(F)F)C(=O)N1C[C@H]2[C@@H]([C@H]1C(=O)NC(Cc1cc3c([nH]c1=O)CCC(F)(F)C3)C(N)=O)C2(C)C. The van der Waals surface area contributed by atoms with Gasteiger partial charge in [0.15, 0.2) is 0 Å². The van der Waals surface area contributed by atoms with Gasteiger partial charge in [0.25, 0.3) is 11.5 Å². The molecule has 0 spiro atoms. The number of aromatic nitrogens is 1. The van der Waals surface area contributed by atoms with E-state index >= 15 is 0 Å². The van der Waals surface area contributed by atoms with Crippen molar-refractivity contribution in [3.63, 3.8) is 0 Å². The average Bonchev–Trinajstić information content (AvgIpc) is 3.18. The highest BCUT2D eigenvalue weighted by molar-refractivity contribution is 5.96. The zero-order valence-electron chi connectivity index (χ0n) is 24.5. The van der Waals surface area contributed by atoms with Crippen LogP contribution >= 0.6 is 0 Å². The van der Waals surface area contributed by atoms with E-state index in [1.807, 2.05) is 13.8 Å². The topological polar surface area (TPSA) is 154 Å². The Bertz CT molecular complexity index is 1400. The van der Waals surface area contributed by atoms with Crippen LogP contribution in [0.2, 0.25) is 0 Å². The largest absolute Gasteiger partial charge is 0.471 e. The van der Waals surface area contributed by atoms with Crippen LogP contribution in [0.3, 0.4) is 0 Å². The summed E-state index contributed by atoms with van der Waals surface area (Å²) in [5, 5.41) is 4.24. The number of likely N-dealkylation sites (tertiary alicyclic amines) is 1. The number of amides is 4. The molecule has 4 rings (SSSR count). The Morgan fingerprint density at radius 3 is 2.33 bits per heavy atom. The quantitative estimate of drug-likeness (QED) is 0.342. The van der Waals surface area contributed by atoms with Gasteiger partial charge >= 0.3 is 12.1 Å². The van der Waals surface area contributed by atoms with Crippen molar-refractivity contribution < 1.29 is 41.1 Å². The van der Waals surface area contributed by atoms with E-state index in [-0.39, 0.29) is 30.0 Å². The first-order chi connectivity index (χ1) is 19.5. The lowest BCUT2D eigenvalue weighted by Crippen LogP contribution is -2.61. The minimum absolute atomic E-state index is 0.0307. The van der Waals surface area contributed by atoms with Gasteiger partial charge in [0.05, 0.1) is 0 Å². The summed E-state index contributed by atoms with van der Waals surface area (Å²) in [6.07, 6.45) is -6.71. The standard InChI is InChI=1S/C28H36F5N5O5/c1-25(2,3)19(37-24(43)28(31,32)33)23(42)38-11-14-17(26(14,4)5)18(38)22(41)36-16(20(34)39)9-12-8-13-10-27(29,30)7-6-15(13)35-21(12)40/h8,14,16-19H,6-7,9-11H2,1-5H3,(H2,34,39)(H,35,40)(H,36,41)(H,37,43)/t14-,16?,17-,18-,19+/m0/s1. The molecular weight excluding hydrogens is 581 g/mol. The lowest BCUT2D eigenvalue weighted by molar-refractivity contribution is -0.176. The van der Waals surface area contributed by atoms with Gasteiger partial charge in [-0.15, -0.1) is 0 Å². The second-order valence-corrected chi connectivity index (χ2v) is 13.5. The highest BCUT2D eigenvalue weighted by Gasteiger charge is 2.70. The normalized spacial score (nSPS) is 25.2. The van der Waals surface area contributed by atoms with Crippen molar-refractivity contribution in [2.24, 2.45) is 28.4 Å². The second kappa shape index (κ2) is 10.6. The number of nitrogens with two attached hydrogens (primary N) is 1. The zero-order valence-corrected chi connectivity index (χ0v) is 24.5. The van der Waals surface area contributed by atoms with E-state index < -0.39 is 95.4 Å². The van der Waals surface area contributed by atoms with E-state index in [9.17, 15) is 45.9 Å². The molecule has 2 aliphatic carbocycles. The molecule has 0 bridgehead atoms. The number of H-pyrrole nitrogens is 1. The fourth-order valence-electron chi connectivity index (χ4n) is 6.41. The lowest BCUT2D eigenvalue weighted by Gasteiger charge is -2.38. The Hall–Kier alpha value is -3.52. The summed E-state index contributed by atoms with van der Waals surface area (Å²) >= 11 is 0. The fourth-order valence-corrected chi connectivity index (χ4v) is 6.41. The highest BCUT2D eigenvalue weighted by Crippen LogP contribution is 2.65. The first-order valence-electron chi connectivity index (χ1n) is 13.9. The number of pyridine rings is 1. The Kier molecular flexibility index (Phi) is 7.97. The van der Waals surface area contributed by atoms with Gasteiger partial charge in [-0.1, -0.05) is 34.6 Å². The maximum Gasteiger partial charge on any atom is 0.471 e. The molecule has 1 saturated heterocycles. The smallest absolute Gasteiger partial charge is 0.368 e. The number of piperidine rings is 1. The van der Waals surface area contributed by atoms with Crippen molar-refractivity contribution in [3.05, 3.63) is 33.2 Å². The molecule has 1 unspecified atom stereocenters. The molecule has 238 valence electrons. The Labute approximate surface area is 244 Å². The average molecular weight is 618 g/mol. The predicted molar refractivity (Wildman–Crippen MR) is 143 cm³/mol. The number of aryl methyl sites for hydroxylation is 1. The van der Waals surface area contributed by atoms with Gasteiger partial charge in [-0.2, -0.15) is 13.2 Å². The molecule has 2 heterocycles. The van der Waals surface area contributed by atoms with Gasteiger partial charge in [0, 0.05) is 37.1 Å². The zero-order chi connectivity index (χ0) is 32.4. The minimum Gasteiger partial charge on any atom is -0.368 e. The Morgan fingerprint density at radius 1 is 1.14 bits per heavy atom. The van der Waals surface area contributed by atoms with E-state index in [0.29, 0.717) is 5.69 Å². The van der Waals surface area contributed by atoms with Gasteiger partial charge in [-0.25, -0.2) is 8.78 Å². The summed E-state index contributed by atoms with van der Waals surface area (Å²) in [7, 11) is 0. The fraction of sp³-hybridized carbons (Fsp3) is 0.679. The molecule has 2 fully saturated rings. The third kappa shape index (κ3) is 6.40. The molecule has 4 amide bonds. The van der Waals surface area contributed by atoms with Crippen LogP contribution in [0.25, 0.3) is 0 Å². The number of halogens is 5. The number of carbonyl (C=O) groups is 4. The molecule has 0 aromatic carbocycles. The van der Waals surface area contributed by atoms with Gasteiger partial charge in [-0.05, 0) is 40.7 Å². The molecule has 5 N–H and O–H groups in total. The van der Waals surface area contributed by atoms with E-state index in [1.165, 1.54) is 26.8 Å². The van der Waals surface area contributed by atoms with E-state index in [2.05, 4.69) is 10.3 Å². The summed E-state index contributed by atoms with van der Waals surface area (Å²) in [4.78, 5) is 67.9. The van der Waals surface area contributed by atoms with Crippen LogP contribution in [0.1, 0.15) is 57.9 Å².